The van der Waals surface area contributed by atoms with Crippen LogP contribution in [0, 0.1) is 24.7 Å². The molecule has 4 N–H and O–H groups in total. The quantitative estimate of drug-likeness (QED) is 0.190. The average molecular weight is 520 g/mol. The van der Waals surface area contributed by atoms with Gasteiger partial charge in [0.15, 0.2) is 10.3 Å². The maximum atomic E-state index is 7.48. The van der Waals surface area contributed by atoms with E-state index in [1.165, 1.54) is 22.3 Å². The number of halogens is 2. The third kappa shape index (κ3) is 6.64. The summed E-state index contributed by atoms with van der Waals surface area (Å²) in [5.74, 6) is 0. The molecule has 26 heavy (non-hydrogen) atoms. The second-order valence-electron chi connectivity index (χ2n) is 5.62. The molecule has 4 nitrogen and oxygen atoms in total. The van der Waals surface area contributed by atoms with Crippen LogP contribution in [0.4, 0.5) is 0 Å². The van der Waals surface area contributed by atoms with E-state index >= 15 is 0 Å². The van der Waals surface area contributed by atoms with Crippen LogP contribution in [0.15, 0.2) is 36.4 Å². The maximum absolute atomic E-state index is 7.48. The number of hydrogen-bond donors (Lipinski definition) is 6. The molecule has 8 heteroatoms. The molecule has 0 amide bonds. The van der Waals surface area contributed by atoms with Crippen LogP contribution in [0.3, 0.4) is 0 Å². The Hall–Kier alpha value is -0.960. The fourth-order valence-corrected chi connectivity index (χ4v) is 2.98. The first kappa shape index (κ1) is 25.0. The minimum absolute atomic E-state index is 0. The molecule has 0 fully saturated rings. The predicted molar refractivity (Wildman–Crippen MR) is 129 cm³/mol. The Morgan fingerprint density at radius 2 is 1.12 bits per heavy atom. The molecule has 0 saturated heterocycles. The number of amidine groups is 2. The summed E-state index contributed by atoms with van der Waals surface area (Å²) in [4.78, 5) is 0. The van der Waals surface area contributed by atoms with Crippen LogP contribution in [0.25, 0.3) is 11.1 Å². The first-order chi connectivity index (χ1) is 11.4. The highest BCUT2D eigenvalue weighted by atomic mass is 79.9. The van der Waals surface area contributed by atoms with Gasteiger partial charge in [-0.1, -0.05) is 36.4 Å². The number of rotatable bonds is 5. The zero-order valence-corrected chi connectivity index (χ0v) is 19.8. The summed E-state index contributed by atoms with van der Waals surface area (Å²) in [6.45, 7) is 5.27. The van der Waals surface area contributed by atoms with Gasteiger partial charge < -0.3 is 10.6 Å². The van der Waals surface area contributed by atoms with E-state index in [9.17, 15) is 0 Å². The highest BCUT2D eigenvalue weighted by Gasteiger charge is 2.14. The minimum Gasteiger partial charge on any atom is -0.361 e. The molecule has 0 radical (unpaired) electrons. The molecule has 2 aromatic carbocycles. The summed E-state index contributed by atoms with van der Waals surface area (Å²) in [7, 11) is 0. The van der Waals surface area contributed by atoms with E-state index in [2.05, 4.69) is 74.0 Å². The van der Waals surface area contributed by atoms with E-state index in [4.69, 9.17) is 10.8 Å². The Morgan fingerprint density at radius 3 is 1.42 bits per heavy atom. The summed E-state index contributed by atoms with van der Waals surface area (Å²) in [6.07, 6.45) is 0. The normalized spacial score (nSPS) is 9.54. The molecule has 0 aliphatic heterocycles. The smallest absolute Gasteiger partial charge is 0.150 e. The molecular formula is C18H24Br2N4S2. The van der Waals surface area contributed by atoms with Crippen molar-refractivity contribution >= 4 is 69.6 Å². The largest absolute Gasteiger partial charge is 0.361 e. The van der Waals surface area contributed by atoms with Gasteiger partial charge in [-0.3, -0.25) is 10.8 Å². The van der Waals surface area contributed by atoms with Crippen molar-refractivity contribution in [3.63, 3.8) is 0 Å². The molecule has 0 bridgehead atoms. The molecule has 142 valence electrons. The topological polar surface area (TPSA) is 71.8 Å². The van der Waals surface area contributed by atoms with Gasteiger partial charge in [0.2, 0.25) is 0 Å². The first-order valence-corrected chi connectivity index (χ1v) is 8.49. The van der Waals surface area contributed by atoms with E-state index in [0.717, 1.165) is 11.1 Å². The summed E-state index contributed by atoms with van der Waals surface area (Å²) in [5, 5.41) is 21.2. The molecule has 0 atom stereocenters. The maximum Gasteiger partial charge on any atom is 0.150 e. The van der Waals surface area contributed by atoms with E-state index < -0.39 is 0 Å². The van der Waals surface area contributed by atoms with E-state index in [1.54, 1.807) is 0 Å². The Morgan fingerprint density at radius 1 is 0.769 bits per heavy atom. The number of aryl methyl sites for hydroxylation is 2. The third-order valence-electron chi connectivity index (χ3n) is 3.86. The predicted octanol–water partition coefficient (Wildman–Crippen LogP) is 5.03. The Balaban J connectivity index is 0.00000312. The zero-order chi connectivity index (χ0) is 17.7. The van der Waals surface area contributed by atoms with Crippen LogP contribution >= 0.6 is 59.2 Å². The molecule has 0 aliphatic rings. The van der Waals surface area contributed by atoms with Gasteiger partial charge in [-0.05, 0) is 47.2 Å². The van der Waals surface area contributed by atoms with Gasteiger partial charge in [-0.25, -0.2) is 0 Å². The lowest BCUT2D eigenvalue weighted by Gasteiger charge is -2.19. The van der Waals surface area contributed by atoms with Crippen molar-refractivity contribution in [1.29, 1.82) is 10.8 Å². The van der Waals surface area contributed by atoms with Gasteiger partial charge in [-0.2, -0.15) is 0 Å². The first-order valence-electron chi connectivity index (χ1n) is 7.60. The zero-order valence-electron chi connectivity index (χ0n) is 14.6. The average Bonchev–Trinajstić information content (AvgIpc) is 2.51. The molecule has 2 rings (SSSR count). The monoisotopic (exact) mass is 518 g/mol. The summed E-state index contributed by atoms with van der Waals surface area (Å²) < 4.78 is 0. The van der Waals surface area contributed by atoms with Gasteiger partial charge in [0.1, 0.15) is 0 Å². The van der Waals surface area contributed by atoms with E-state index in [1.807, 2.05) is 12.1 Å². The van der Waals surface area contributed by atoms with Gasteiger partial charge in [-0.15, -0.1) is 59.2 Å². The highest BCUT2D eigenvalue weighted by Crippen LogP contribution is 2.33. The van der Waals surface area contributed by atoms with Crippen molar-refractivity contribution in [2.75, 3.05) is 0 Å². The molecule has 0 aromatic heterocycles. The number of benzene rings is 2. The van der Waals surface area contributed by atoms with Crippen LogP contribution in [0.5, 0.6) is 0 Å². The van der Waals surface area contributed by atoms with Crippen molar-refractivity contribution in [2.24, 2.45) is 0 Å². The van der Waals surface area contributed by atoms with Crippen molar-refractivity contribution in [2.45, 2.75) is 26.9 Å². The van der Waals surface area contributed by atoms with Crippen LogP contribution < -0.4 is 10.6 Å². The molecule has 0 heterocycles. The second-order valence-corrected chi connectivity index (χ2v) is 6.52. The Kier molecular flexibility index (Phi) is 11.3. The number of nitrogens with one attached hydrogen (secondary N) is 4. The van der Waals surface area contributed by atoms with Crippen LogP contribution in [-0.4, -0.2) is 10.3 Å². The van der Waals surface area contributed by atoms with Crippen molar-refractivity contribution < 1.29 is 0 Å². The van der Waals surface area contributed by atoms with E-state index in [-0.39, 0.29) is 44.3 Å². The van der Waals surface area contributed by atoms with Gasteiger partial charge in [0.25, 0.3) is 0 Å². The Bertz CT molecular complexity index is 716. The molecule has 2 aromatic rings. The van der Waals surface area contributed by atoms with Gasteiger partial charge >= 0.3 is 0 Å². The molecular weight excluding hydrogens is 496 g/mol. The summed E-state index contributed by atoms with van der Waals surface area (Å²) in [5.41, 5.74) is 6.92. The minimum atomic E-state index is 0. The third-order valence-corrected chi connectivity index (χ3v) is 4.18. The van der Waals surface area contributed by atoms with Gasteiger partial charge in [0.05, 0.1) is 0 Å². The lowest BCUT2D eigenvalue weighted by Crippen LogP contribution is -2.19. The fourth-order valence-electron chi connectivity index (χ4n) is 2.83. The molecule has 0 unspecified atom stereocenters. The van der Waals surface area contributed by atoms with Crippen LogP contribution in [0.1, 0.15) is 22.3 Å². The van der Waals surface area contributed by atoms with Crippen molar-refractivity contribution in [3.8, 4) is 11.1 Å². The summed E-state index contributed by atoms with van der Waals surface area (Å²) >= 11 is 8.01. The van der Waals surface area contributed by atoms with Crippen molar-refractivity contribution in [3.05, 3.63) is 58.7 Å². The molecule has 0 spiro atoms. The fraction of sp³-hybridized carbons (Fsp3) is 0.222. The van der Waals surface area contributed by atoms with Crippen LogP contribution in [0.2, 0.25) is 0 Å². The Labute approximate surface area is 186 Å². The number of thiol groups is 2. The van der Waals surface area contributed by atoms with Crippen LogP contribution in [-0.2, 0) is 13.1 Å². The van der Waals surface area contributed by atoms with Gasteiger partial charge in [0, 0.05) is 13.1 Å². The van der Waals surface area contributed by atoms with E-state index in [0.29, 0.717) is 13.1 Å². The van der Waals surface area contributed by atoms with Crippen molar-refractivity contribution in [1.82, 2.24) is 10.6 Å². The highest BCUT2D eigenvalue weighted by molar-refractivity contribution is 8.93. The molecule has 0 aliphatic carbocycles. The summed E-state index contributed by atoms with van der Waals surface area (Å²) in [6, 6.07) is 12.4. The standard InChI is InChI=1S/C18H22N4S2.2BrH/c1-11-5-3-7-13(9-21-17(19)23)15(11)16-12(2)6-4-8-14(16)10-22-18(20)24;;/h3-8H,9-10H2,1-2H3,(H3,19,21,23)(H3,20,22,24);2*1H. The lowest BCUT2D eigenvalue weighted by atomic mass is 9.88. The SMILES string of the molecule is Br.Br.Cc1cccc(CNC(=N)S)c1-c1c(C)cccc1CNC(=N)S. The molecule has 0 saturated carbocycles. The second kappa shape index (κ2) is 11.7. The lowest BCUT2D eigenvalue weighted by molar-refractivity contribution is 0.911. The number of hydrogen-bond acceptors (Lipinski definition) is 2.